The molecule has 20 heavy (non-hydrogen) atoms. The molecule has 0 amide bonds. The molecular formula is C14H14BrNO3S. The Hall–Kier alpha value is -1.37. The third kappa shape index (κ3) is 3.59. The van der Waals surface area contributed by atoms with Crippen molar-refractivity contribution in [3.63, 3.8) is 0 Å². The lowest BCUT2D eigenvalue weighted by Gasteiger charge is -2.10. The normalized spacial score (nSPS) is 11.5. The average molecular weight is 356 g/mol. The van der Waals surface area contributed by atoms with Crippen LogP contribution < -0.4 is 4.72 Å². The van der Waals surface area contributed by atoms with Crippen LogP contribution in [0.1, 0.15) is 11.1 Å². The van der Waals surface area contributed by atoms with Crippen LogP contribution in [0.5, 0.6) is 5.75 Å². The number of aromatic hydroxyl groups is 1. The molecule has 2 N–H and O–H groups in total. The van der Waals surface area contributed by atoms with Crippen LogP contribution in [-0.2, 0) is 16.6 Å². The van der Waals surface area contributed by atoms with E-state index in [-0.39, 0.29) is 17.2 Å². The van der Waals surface area contributed by atoms with E-state index in [2.05, 4.69) is 20.7 Å². The molecule has 0 heterocycles. The zero-order valence-corrected chi connectivity index (χ0v) is 13.2. The predicted molar refractivity (Wildman–Crippen MR) is 81.0 cm³/mol. The second kappa shape index (κ2) is 5.95. The largest absolute Gasteiger partial charge is 0.508 e. The van der Waals surface area contributed by atoms with Gasteiger partial charge >= 0.3 is 0 Å². The fraction of sp³-hybridized carbons (Fsp3) is 0.143. The number of hydrogen-bond acceptors (Lipinski definition) is 3. The minimum atomic E-state index is -3.56. The first kappa shape index (κ1) is 15.0. The molecule has 2 aromatic carbocycles. The van der Waals surface area contributed by atoms with E-state index >= 15 is 0 Å². The summed E-state index contributed by atoms with van der Waals surface area (Å²) in [4.78, 5) is 0.255. The van der Waals surface area contributed by atoms with Gasteiger partial charge in [-0.2, -0.15) is 0 Å². The van der Waals surface area contributed by atoms with Crippen molar-refractivity contribution < 1.29 is 13.5 Å². The SMILES string of the molecule is Cc1ccc(Br)cc1S(=O)(=O)NCc1ccc(O)cc1. The van der Waals surface area contributed by atoms with Gasteiger partial charge in [0, 0.05) is 11.0 Å². The van der Waals surface area contributed by atoms with Crippen molar-refractivity contribution in [2.75, 3.05) is 0 Å². The van der Waals surface area contributed by atoms with Crippen LogP contribution in [0, 0.1) is 6.92 Å². The maximum atomic E-state index is 12.3. The number of benzene rings is 2. The molecule has 4 nitrogen and oxygen atoms in total. The number of sulfonamides is 1. The van der Waals surface area contributed by atoms with Gasteiger partial charge in [-0.25, -0.2) is 13.1 Å². The van der Waals surface area contributed by atoms with Crippen LogP contribution in [0.25, 0.3) is 0 Å². The predicted octanol–water partition coefficient (Wildman–Crippen LogP) is 2.94. The standard InChI is InChI=1S/C14H14BrNO3S/c1-10-2-5-12(15)8-14(10)20(18,19)16-9-11-3-6-13(17)7-4-11/h2-8,16-17H,9H2,1H3. The summed E-state index contributed by atoms with van der Waals surface area (Å²) >= 11 is 3.27. The van der Waals surface area contributed by atoms with Crippen LogP contribution in [0.4, 0.5) is 0 Å². The van der Waals surface area contributed by atoms with E-state index in [1.54, 1.807) is 37.3 Å². The summed E-state index contributed by atoms with van der Waals surface area (Å²) in [6.07, 6.45) is 0. The molecule has 2 aromatic rings. The molecule has 0 aromatic heterocycles. The number of phenols is 1. The van der Waals surface area contributed by atoms with Crippen molar-refractivity contribution in [2.24, 2.45) is 0 Å². The third-order valence-corrected chi connectivity index (χ3v) is 4.88. The second-order valence-corrected chi connectivity index (χ2v) is 7.05. The molecule has 0 saturated heterocycles. The first-order valence-electron chi connectivity index (χ1n) is 5.92. The highest BCUT2D eigenvalue weighted by molar-refractivity contribution is 9.10. The number of phenolic OH excluding ortho intramolecular Hbond substituents is 1. The summed E-state index contributed by atoms with van der Waals surface area (Å²) in [7, 11) is -3.56. The molecule has 0 saturated carbocycles. The lowest BCUT2D eigenvalue weighted by Crippen LogP contribution is -2.24. The molecule has 0 aliphatic carbocycles. The Labute approximate surface area is 126 Å². The zero-order valence-electron chi connectivity index (χ0n) is 10.8. The summed E-state index contributed by atoms with van der Waals surface area (Å²) < 4.78 is 27.8. The Morgan fingerprint density at radius 2 is 1.80 bits per heavy atom. The van der Waals surface area contributed by atoms with Crippen molar-refractivity contribution >= 4 is 26.0 Å². The lowest BCUT2D eigenvalue weighted by molar-refractivity contribution is 0.475. The maximum absolute atomic E-state index is 12.3. The molecule has 0 fully saturated rings. The van der Waals surface area contributed by atoms with Crippen molar-refractivity contribution in [1.29, 1.82) is 0 Å². The fourth-order valence-electron chi connectivity index (χ4n) is 1.73. The summed E-state index contributed by atoms with van der Waals surface area (Å²) in [5.41, 5.74) is 1.46. The molecular weight excluding hydrogens is 342 g/mol. The number of aryl methyl sites for hydroxylation is 1. The Balaban J connectivity index is 2.19. The second-order valence-electron chi connectivity index (χ2n) is 4.40. The molecule has 0 aliphatic heterocycles. The number of halogens is 1. The van der Waals surface area contributed by atoms with E-state index in [0.717, 1.165) is 5.56 Å². The monoisotopic (exact) mass is 355 g/mol. The molecule has 0 bridgehead atoms. The van der Waals surface area contributed by atoms with Gasteiger partial charge in [0.1, 0.15) is 5.75 Å². The minimum Gasteiger partial charge on any atom is -0.508 e. The molecule has 106 valence electrons. The van der Waals surface area contributed by atoms with Crippen LogP contribution in [0.3, 0.4) is 0 Å². The Morgan fingerprint density at radius 3 is 2.45 bits per heavy atom. The highest BCUT2D eigenvalue weighted by atomic mass is 79.9. The summed E-state index contributed by atoms with van der Waals surface area (Å²) in [6.45, 7) is 1.93. The smallest absolute Gasteiger partial charge is 0.241 e. The van der Waals surface area contributed by atoms with Gasteiger partial charge in [-0.05, 0) is 42.3 Å². The maximum Gasteiger partial charge on any atom is 0.241 e. The van der Waals surface area contributed by atoms with Crippen LogP contribution in [0.2, 0.25) is 0 Å². The van der Waals surface area contributed by atoms with E-state index in [4.69, 9.17) is 0 Å². The Bertz CT molecular complexity index is 712. The van der Waals surface area contributed by atoms with Crippen molar-refractivity contribution in [3.05, 3.63) is 58.1 Å². The van der Waals surface area contributed by atoms with Gasteiger partial charge in [-0.1, -0.05) is 34.1 Å². The Kier molecular flexibility index (Phi) is 4.47. The number of hydrogen-bond donors (Lipinski definition) is 2. The van der Waals surface area contributed by atoms with Crippen LogP contribution in [0.15, 0.2) is 51.8 Å². The van der Waals surface area contributed by atoms with E-state index < -0.39 is 10.0 Å². The topological polar surface area (TPSA) is 66.4 Å². The lowest BCUT2D eigenvalue weighted by atomic mass is 10.2. The van der Waals surface area contributed by atoms with Crippen LogP contribution in [-0.4, -0.2) is 13.5 Å². The Morgan fingerprint density at radius 1 is 1.15 bits per heavy atom. The average Bonchev–Trinajstić information content (AvgIpc) is 2.41. The third-order valence-electron chi connectivity index (χ3n) is 2.84. The van der Waals surface area contributed by atoms with Gasteiger partial charge in [0.2, 0.25) is 10.0 Å². The molecule has 0 aliphatic rings. The fourth-order valence-corrected chi connectivity index (χ4v) is 3.53. The minimum absolute atomic E-state index is 0.152. The first-order valence-corrected chi connectivity index (χ1v) is 8.20. The van der Waals surface area contributed by atoms with Gasteiger partial charge < -0.3 is 5.11 Å². The van der Waals surface area contributed by atoms with Crippen molar-refractivity contribution in [3.8, 4) is 5.75 Å². The molecule has 0 atom stereocenters. The van der Waals surface area contributed by atoms with Crippen molar-refractivity contribution in [2.45, 2.75) is 18.4 Å². The first-order chi connectivity index (χ1) is 9.38. The van der Waals surface area contributed by atoms with Crippen LogP contribution >= 0.6 is 15.9 Å². The van der Waals surface area contributed by atoms with E-state index in [1.165, 1.54) is 12.1 Å². The summed E-state index contributed by atoms with van der Waals surface area (Å²) in [5, 5.41) is 9.19. The summed E-state index contributed by atoms with van der Waals surface area (Å²) in [6, 6.07) is 11.5. The molecule has 0 unspecified atom stereocenters. The number of nitrogens with one attached hydrogen (secondary N) is 1. The van der Waals surface area contributed by atoms with Gasteiger partial charge in [0.25, 0.3) is 0 Å². The molecule has 6 heteroatoms. The highest BCUT2D eigenvalue weighted by Crippen LogP contribution is 2.20. The van der Waals surface area contributed by atoms with Gasteiger partial charge in [0.15, 0.2) is 0 Å². The molecule has 0 radical (unpaired) electrons. The van der Waals surface area contributed by atoms with Gasteiger partial charge in [-0.3, -0.25) is 0 Å². The van der Waals surface area contributed by atoms with Gasteiger partial charge in [0.05, 0.1) is 4.90 Å². The zero-order chi connectivity index (χ0) is 14.8. The molecule has 2 rings (SSSR count). The van der Waals surface area contributed by atoms with E-state index in [9.17, 15) is 13.5 Å². The van der Waals surface area contributed by atoms with Gasteiger partial charge in [-0.15, -0.1) is 0 Å². The van der Waals surface area contributed by atoms with E-state index in [1.807, 2.05) is 0 Å². The quantitative estimate of drug-likeness (QED) is 0.885. The van der Waals surface area contributed by atoms with Crippen molar-refractivity contribution in [1.82, 2.24) is 4.72 Å². The summed E-state index contributed by atoms with van der Waals surface area (Å²) in [5.74, 6) is 0.152. The molecule has 0 spiro atoms. The number of rotatable bonds is 4. The van der Waals surface area contributed by atoms with E-state index in [0.29, 0.717) is 10.0 Å². The highest BCUT2D eigenvalue weighted by Gasteiger charge is 2.16.